The van der Waals surface area contributed by atoms with Gasteiger partial charge in [0, 0.05) is 22.7 Å². The van der Waals surface area contributed by atoms with E-state index in [-0.39, 0.29) is 43.1 Å². The lowest BCUT2D eigenvalue weighted by atomic mass is 10.3. The second kappa shape index (κ2) is 13.4. The first-order valence-corrected chi connectivity index (χ1v) is 9.03. The molecule has 0 rings (SSSR count). The van der Waals surface area contributed by atoms with Gasteiger partial charge in [0.2, 0.25) is 0 Å². The van der Waals surface area contributed by atoms with Crippen LogP contribution >= 0.6 is 11.8 Å². The predicted molar refractivity (Wildman–Crippen MR) is 96.5 cm³/mol. The monoisotopic (exact) mass is 390 g/mol. The zero-order valence-corrected chi connectivity index (χ0v) is 15.9. The van der Waals surface area contributed by atoms with Crippen molar-refractivity contribution in [3.05, 3.63) is 24.3 Å². The van der Waals surface area contributed by atoms with Gasteiger partial charge < -0.3 is 24.4 Å². The number of thioether (sulfide) groups is 1. The molecule has 0 heterocycles. The van der Waals surface area contributed by atoms with Crippen molar-refractivity contribution >= 4 is 29.7 Å². The molecule has 148 valence electrons. The SMILES string of the molecule is C=C(C)C(=O)OCC(O)COC(=O)CCSCC(O)COC(=O)C(=C)C. The van der Waals surface area contributed by atoms with Crippen LogP contribution in [-0.2, 0) is 28.6 Å². The lowest BCUT2D eigenvalue weighted by Gasteiger charge is -2.12. The molecular formula is C17H26O8S. The summed E-state index contributed by atoms with van der Waals surface area (Å²) < 4.78 is 14.4. The van der Waals surface area contributed by atoms with E-state index in [0.29, 0.717) is 5.75 Å². The Morgan fingerprint density at radius 1 is 0.885 bits per heavy atom. The van der Waals surface area contributed by atoms with Crippen LogP contribution in [0.25, 0.3) is 0 Å². The van der Waals surface area contributed by atoms with E-state index in [1.807, 2.05) is 0 Å². The van der Waals surface area contributed by atoms with Crippen LogP contribution in [0.3, 0.4) is 0 Å². The van der Waals surface area contributed by atoms with E-state index in [2.05, 4.69) is 13.2 Å². The zero-order chi connectivity index (χ0) is 20.1. The van der Waals surface area contributed by atoms with Crippen LogP contribution in [-0.4, -0.2) is 71.7 Å². The number of ether oxygens (including phenoxy) is 3. The van der Waals surface area contributed by atoms with Gasteiger partial charge in [0.05, 0.1) is 12.5 Å². The molecule has 8 nitrogen and oxygen atoms in total. The molecule has 0 amide bonds. The van der Waals surface area contributed by atoms with Crippen LogP contribution in [0.1, 0.15) is 20.3 Å². The van der Waals surface area contributed by atoms with Crippen LogP contribution in [0.4, 0.5) is 0 Å². The Kier molecular flexibility index (Phi) is 12.4. The molecule has 0 saturated heterocycles. The average Bonchev–Trinajstić information content (AvgIpc) is 2.58. The maximum absolute atomic E-state index is 11.5. The van der Waals surface area contributed by atoms with Gasteiger partial charge in [-0.3, -0.25) is 4.79 Å². The van der Waals surface area contributed by atoms with E-state index in [1.54, 1.807) is 0 Å². The van der Waals surface area contributed by atoms with Crippen LogP contribution in [0.15, 0.2) is 24.3 Å². The van der Waals surface area contributed by atoms with Gasteiger partial charge in [-0.1, -0.05) is 13.2 Å². The molecule has 2 atom stereocenters. The van der Waals surface area contributed by atoms with Crippen molar-refractivity contribution in [1.82, 2.24) is 0 Å². The molecule has 0 aromatic carbocycles. The minimum Gasteiger partial charge on any atom is -0.463 e. The third kappa shape index (κ3) is 12.5. The van der Waals surface area contributed by atoms with Gasteiger partial charge in [-0.2, -0.15) is 11.8 Å². The van der Waals surface area contributed by atoms with Crippen LogP contribution in [0.2, 0.25) is 0 Å². The Balaban J connectivity index is 3.73. The molecule has 0 bridgehead atoms. The van der Waals surface area contributed by atoms with Gasteiger partial charge in [-0.15, -0.1) is 0 Å². The van der Waals surface area contributed by atoms with Gasteiger partial charge in [-0.05, 0) is 13.8 Å². The first-order chi connectivity index (χ1) is 12.1. The number of aliphatic hydroxyl groups excluding tert-OH is 2. The zero-order valence-electron chi connectivity index (χ0n) is 15.1. The number of rotatable bonds is 13. The van der Waals surface area contributed by atoms with E-state index in [0.717, 1.165) is 0 Å². The fourth-order valence-electron chi connectivity index (χ4n) is 1.32. The summed E-state index contributed by atoms with van der Waals surface area (Å²) in [5, 5.41) is 19.2. The van der Waals surface area contributed by atoms with Gasteiger partial charge in [0.1, 0.15) is 25.9 Å². The lowest BCUT2D eigenvalue weighted by Crippen LogP contribution is -2.25. The van der Waals surface area contributed by atoms with E-state index < -0.39 is 30.1 Å². The van der Waals surface area contributed by atoms with E-state index in [9.17, 15) is 24.6 Å². The molecule has 0 aliphatic rings. The molecule has 2 N–H and O–H groups in total. The number of esters is 3. The summed E-state index contributed by atoms with van der Waals surface area (Å²) in [7, 11) is 0. The quantitative estimate of drug-likeness (QED) is 0.202. The molecule has 0 radical (unpaired) electrons. The van der Waals surface area contributed by atoms with Crippen molar-refractivity contribution < 1.29 is 38.8 Å². The molecule has 0 fully saturated rings. The second-order valence-corrected chi connectivity index (χ2v) is 6.72. The van der Waals surface area contributed by atoms with Crippen molar-refractivity contribution in [3.63, 3.8) is 0 Å². The highest BCUT2D eigenvalue weighted by Gasteiger charge is 2.13. The highest BCUT2D eigenvalue weighted by atomic mass is 32.2. The smallest absolute Gasteiger partial charge is 0.333 e. The summed E-state index contributed by atoms with van der Waals surface area (Å²) in [6, 6.07) is 0. The topological polar surface area (TPSA) is 119 Å². The summed E-state index contributed by atoms with van der Waals surface area (Å²) in [4.78, 5) is 33.8. The molecule has 0 aromatic heterocycles. The Labute approximate surface area is 157 Å². The van der Waals surface area contributed by atoms with E-state index in [4.69, 9.17) is 14.2 Å². The highest BCUT2D eigenvalue weighted by Crippen LogP contribution is 2.07. The number of hydrogen-bond acceptors (Lipinski definition) is 9. The summed E-state index contributed by atoms with van der Waals surface area (Å²) >= 11 is 1.30. The van der Waals surface area contributed by atoms with Gasteiger partial charge in [0.15, 0.2) is 0 Å². The summed E-state index contributed by atoms with van der Waals surface area (Å²) in [6.45, 7) is 9.10. The summed E-state index contributed by atoms with van der Waals surface area (Å²) in [5.74, 6) is -1.03. The molecule has 9 heteroatoms. The minimum absolute atomic E-state index is 0.0845. The second-order valence-electron chi connectivity index (χ2n) is 5.57. The van der Waals surface area contributed by atoms with Gasteiger partial charge in [-0.25, -0.2) is 9.59 Å². The molecular weight excluding hydrogens is 364 g/mol. The number of carbonyl (C=O) groups excluding carboxylic acids is 3. The van der Waals surface area contributed by atoms with Crippen LogP contribution in [0, 0.1) is 0 Å². The number of aliphatic hydroxyl groups is 2. The molecule has 0 saturated carbocycles. The normalized spacial score (nSPS) is 12.6. The maximum atomic E-state index is 11.5. The van der Waals surface area contributed by atoms with Gasteiger partial charge in [0.25, 0.3) is 0 Å². The molecule has 0 spiro atoms. The highest BCUT2D eigenvalue weighted by molar-refractivity contribution is 7.99. The predicted octanol–water partition coefficient (Wildman–Crippen LogP) is 0.613. The molecule has 26 heavy (non-hydrogen) atoms. The van der Waals surface area contributed by atoms with Crippen molar-refractivity contribution in [1.29, 1.82) is 0 Å². The van der Waals surface area contributed by atoms with Crippen molar-refractivity contribution in [2.75, 3.05) is 31.3 Å². The Morgan fingerprint density at radius 3 is 1.85 bits per heavy atom. The average molecular weight is 390 g/mol. The van der Waals surface area contributed by atoms with Crippen LogP contribution in [0.5, 0.6) is 0 Å². The number of carbonyl (C=O) groups is 3. The Hall–Kier alpha value is -1.84. The van der Waals surface area contributed by atoms with Gasteiger partial charge >= 0.3 is 17.9 Å². The third-order valence-electron chi connectivity index (χ3n) is 2.71. The fraction of sp³-hybridized carbons (Fsp3) is 0.588. The summed E-state index contributed by atoms with van der Waals surface area (Å²) in [6.07, 6.45) is -1.87. The fourth-order valence-corrected chi connectivity index (χ4v) is 2.17. The van der Waals surface area contributed by atoms with E-state index in [1.165, 1.54) is 25.6 Å². The molecule has 2 unspecified atom stereocenters. The number of hydrogen-bond donors (Lipinski definition) is 2. The van der Waals surface area contributed by atoms with Crippen LogP contribution < -0.4 is 0 Å². The van der Waals surface area contributed by atoms with E-state index >= 15 is 0 Å². The Morgan fingerprint density at radius 2 is 1.35 bits per heavy atom. The largest absolute Gasteiger partial charge is 0.463 e. The standard InChI is InChI=1S/C17H26O8S/c1-11(2)16(21)24-8-13(18)7-23-15(20)5-6-26-10-14(19)9-25-17(22)12(3)4/h13-14,18-19H,1,3,5-10H2,2,4H3. The van der Waals surface area contributed by atoms with Crippen molar-refractivity contribution in [3.8, 4) is 0 Å². The first-order valence-electron chi connectivity index (χ1n) is 7.88. The maximum Gasteiger partial charge on any atom is 0.333 e. The van der Waals surface area contributed by atoms with Crippen molar-refractivity contribution in [2.45, 2.75) is 32.5 Å². The molecule has 0 aliphatic heterocycles. The Bertz CT molecular complexity index is 517. The van der Waals surface area contributed by atoms with Crippen molar-refractivity contribution in [2.24, 2.45) is 0 Å². The molecule has 0 aromatic rings. The lowest BCUT2D eigenvalue weighted by molar-refractivity contribution is -0.150. The third-order valence-corrected chi connectivity index (χ3v) is 3.82. The summed E-state index contributed by atoms with van der Waals surface area (Å²) in [5.41, 5.74) is 0.465. The first kappa shape index (κ1) is 24.2. The minimum atomic E-state index is -1.11. The molecule has 0 aliphatic carbocycles.